The van der Waals surface area contributed by atoms with Crippen molar-refractivity contribution in [1.82, 2.24) is 25.1 Å². The van der Waals surface area contributed by atoms with E-state index in [9.17, 15) is 0 Å². The van der Waals surface area contributed by atoms with Crippen LogP contribution in [0.15, 0.2) is 36.9 Å². The van der Waals surface area contributed by atoms with Crippen molar-refractivity contribution in [3.05, 3.63) is 48.2 Å². The third kappa shape index (κ3) is 2.87. The molecule has 0 amide bonds. The Balaban J connectivity index is 1.43. The van der Waals surface area contributed by atoms with Crippen molar-refractivity contribution >= 4 is 10.9 Å². The molecule has 2 atom stereocenters. The van der Waals surface area contributed by atoms with Gasteiger partial charge in [0.05, 0.1) is 29.9 Å². The molecule has 6 heteroatoms. The molecule has 23 heavy (non-hydrogen) atoms. The van der Waals surface area contributed by atoms with Gasteiger partial charge in [-0.2, -0.15) is 5.10 Å². The number of benzene rings is 1. The van der Waals surface area contributed by atoms with E-state index >= 15 is 0 Å². The van der Waals surface area contributed by atoms with Crippen LogP contribution in [0.1, 0.15) is 30.2 Å². The Hall–Kier alpha value is -2.18. The van der Waals surface area contributed by atoms with Gasteiger partial charge in [-0.25, -0.2) is 4.98 Å². The van der Waals surface area contributed by atoms with Crippen LogP contribution in [0.25, 0.3) is 10.9 Å². The zero-order valence-corrected chi connectivity index (χ0v) is 13.2. The Bertz CT molecular complexity index is 793. The number of hydrogen-bond donors (Lipinski definition) is 2. The molecule has 1 saturated heterocycles. The first-order valence-electron chi connectivity index (χ1n) is 8.03. The van der Waals surface area contributed by atoms with Crippen LogP contribution in [0, 0.1) is 0 Å². The number of imidazole rings is 1. The van der Waals surface area contributed by atoms with Crippen LogP contribution in [0.2, 0.25) is 0 Å². The van der Waals surface area contributed by atoms with Gasteiger partial charge < -0.3 is 14.6 Å². The topological polar surface area (TPSA) is 67.8 Å². The summed E-state index contributed by atoms with van der Waals surface area (Å²) in [4.78, 5) is 4.20. The van der Waals surface area contributed by atoms with E-state index in [4.69, 9.17) is 4.74 Å². The highest BCUT2D eigenvalue weighted by atomic mass is 16.5. The summed E-state index contributed by atoms with van der Waals surface area (Å²) in [5, 5.41) is 12.0. The van der Waals surface area contributed by atoms with Crippen molar-refractivity contribution in [2.75, 3.05) is 6.61 Å². The van der Waals surface area contributed by atoms with Crippen LogP contribution in [0.3, 0.4) is 0 Å². The molecule has 2 aromatic heterocycles. The summed E-state index contributed by atoms with van der Waals surface area (Å²) in [5.41, 5.74) is 3.52. The highest BCUT2D eigenvalue weighted by Gasteiger charge is 2.25. The van der Waals surface area contributed by atoms with E-state index in [-0.39, 0.29) is 6.10 Å². The van der Waals surface area contributed by atoms with Crippen LogP contribution >= 0.6 is 0 Å². The van der Waals surface area contributed by atoms with Gasteiger partial charge in [-0.1, -0.05) is 18.2 Å². The molecular formula is C17H21N5O. The van der Waals surface area contributed by atoms with Crippen LogP contribution < -0.4 is 5.32 Å². The maximum absolute atomic E-state index is 5.93. The van der Waals surface area contributed by atoms with Gasteiger partial charge in [0.25, 0.3) is 0 Å². The number of rotatable bonds is 4. The van der Waals surface area contributed by atoms with E-state index in [1.54, 1.807) is 0 Å². The zero-order chi connectivity index (χ0) is 15.6. The summed E-state index contributed by atoms with van der Waals surface area (Å²) in [5.74, 6) is 0. The number of fused-ring (bicyclic) bond motifs is 1. The molecule has 2 N–H and O–H groups in total. The lowest BCUT2D eigenvalue weighted by Crippen LogP contribution is -2.36. The quantitative estimate of drug-likeness (QED) is 0.776. The Labute approximate surface area is 134 Å². The predicted octanol–water partition coefficient (Wildman–Crippen LogP) is 2.31. The van der Waals surface area contributed by atoms with Gasteiger partial charge in [0.15, 0.2) is 0 Å². The molecule has 120 valence electrons. The molecule has 1 aliphatic rings. The van der Waals surface area contributed by atoms with Crippen molar-refractivity contribution < 1.29 is 4.74 Å². The van der Waals surface area contributed by atoms with Gasteiger partial charge in [-0.05, 0) is 18.4 Å². The third-order valence-corrected chi connectivity index (χ3v) is 4.61. The number of ether oxygens (including phenoxy) is 1. The van der Waals surface area contributed by atoms with E-state index in [0.717, 1.165) is 42.6 Å². The number of aromatic amines is 1. The second-order valence-electron chi connectivity index (χ2n) is 6.14. The summed E-state index contributed by atoms with van der Waals surface area (Å²) in [6.07, 6.45) is 7.72. The maximum Gasteiger partial charge on any atom is 0.100 e. The predicted molar refractivity (Wildman–Crippen MR) is 87.9 cm³/mol. The SMILES string of the molecule is Cn1cncc1[C@H]1C[C@H](NCc2cccc3cn[nH]c23)CCO1. The Morgan fingerprint density at radius 3 is 3.22 bits per heavy atom. The first kappa shape index (κ1) is 14.4. The first-order chi connectivity index (χ1) is 11.3. The van der Waals surface area contributed by atoms with Crippen molar-refractivity contribution in [1.29, 1.82) is 0 Å². The molecular weight excluding hydrogens is 290 g/mol. The van der Waals surface area contributed by atoms with Gasteiger partial charge in [0.1, 0.15) is 6.10 Å². The Kier molecular flexibility index (Phi) is 3.85. The van der Waals surface area contributed by atoms with Gasteiger partial charge in [-0.15, -0.1) is 0 Å². The van der Waals surface area contributed by atoms with Crippen molar-refractivity contribution in [3.8, 4) is 0 Å². The molecule has 1 aromatic carbocycles. The minimum Gasteiger partial charge on any atom is -0.372 e. The first-order valence-corrected chi connectivity index (χ1v) is 8.03. The van der Waals surface area contributed by atoms with Crippen LogP contribution in [-0.4, -0.2) is 32.4 Å². The lowest BCUT2D eigenvalue weighted by Gasteiger charge is -2.30. The lowest BCUT2D eigenvalue weighted by molar-refractivity contribution is -0.00402. The van der Waals surface area contributed by atoms with Gasteiger partial charge in [0.2, 0.25) is 0 Å². The molecule has 3 aromatic rings. The second kappa shape index (κ2) is 6.14. The van der Waals surface area contributed by atoms with E-state index in [1.165, 1.54) is 5.56 Å². The minimum atomic E-state index is 0.122. The highest BCUT2D eigenvalue weighted by Crippen LogP contribution is 2.28. The number of aromatic nitrogens is 4. The second-order valence-corrected chi connectivity index (χ2v) is 6.14. The van der Waals surface area contributed by atoms with E-state index < -0.39 is 0 Å². The number of nitrogens with one attached hydrogen (secondary N) is 2. The zero-order valence-electron chi connectivity index (χ0n) is 13.2. The Morgan fingerprint density at radius 2 is 2.35 bits per heavy atom. The largest absolute Gasteiger partial charge is 0.372 e. The van der Waals surface area contributed by atoms with Gasteiger partial charge in [0, 0.05) is 31.6 Å². The number of nitrogens with zero attached hydrogens (tertiary/aromatic N) is 3. The standard InChI is InChI=1S/C17H21N5O/c1-22-11-18-10-15(22)16-7-14(5-6-23-16)19-8-12-3-2-4-13-9-20-21-17(12)13/h2-4,9-11,14,16,19H,5-8H2,1H3,(H,20,21)/t14-,16-/m1/s1. The maximum atomic E-state index is 5.93. The van der Waals surface area contributed by atoms with Crippen LogP contribution in [0.4, 0.5) is 0 Å². The number of para-hydroxylation sites is 1. The molecule has 0 radical (unpaired) electrons. The fourth-order valence-electron chi connectivity index (χ4n) is 3.30. The van der Waals surface area contributed by atoms with Crippen molar-refractivity contribution in [2.24, 2.45) is 7.05 Å². The molecule has 1 fully saturated rings. The number of aryl methyl sites for hydroxylation is 1. The summed E-state index contributed by atoms with van der Waals surface area (Å²) >= 11 is 0. The molecule has 6 nitrogen and oxygen atoms in total. The third-order valence-electron chi connectivity index (χ3n) is 4.61. The minimum absolute atomic E-state index is 0.122. The summed E-state index contributed by atoms with van der Waals surface area (Å²) < 4.78 is 7.97. The number of hydrogen-bond acceptors (Lipinski definition) is 4. The van der Waals surface area contributed by atoms with Gasteiger partial charge >= 0.3 is 0 Å². The summed E-state index contributed by atoms with van der Waals surface area (Å²) in [7, 11) is 2.02. The summed E-state index contributed by atoms with van der Waals surface area (Å²) in [6.45, 7) is 1.62. The molecule has 0 unspecified atom stereocenters. The monoisotopic (exact) mass is 311 g/mol. The van der Waals surface area contributed by atoms with Crippen LogP contribution in [-0.2, 0) is 18.3 Å². The van der Waals surface area contributed by atoms with Crippen molar-refractivity contribution in [2.45, 2.75) is 31.5 Å². The highest BCUT2D eigenvalue weighted by molar-refractivity contribution is 5.81. The average molecular weight is 311 g/mol. The Morgan fingerprint density at radius 1 is 1.39 bits per heavy atom. The fourth-order valence-corrected chi connectivity index (χ4v) is 3.30. The molecule has 0 spiro atoms. The number of H-pyrrole nitrogens is 1. The molecule has 0 aliphatic carbocycles. The molecule has 0 bridgehead atoms. The molecule has 1 aliphatic heterocycles. The molecule has 0 saturated carbocycles. The lowest BCUT2D eigenvalue weighted by atomic mass is 10.0. The van der Waals surface area contributed by atoms with Crippen molar-refractivity contribution in [3.63, 3.8) is 0 Å². The smallest absolute Gasteiger partial charge is 0.100 e. The summed E-state index contributed by atoms with van der Waals surface area (Å²) in [6, 6.07) is 6.75. The molecule has 3 heterocycles. The molecule has 4 rings (SSSR count). The fraction of sp³-hybridized carbons (Fsp3) is 0.412. The average Bonchev–Trinajstić information content (AvgIpc) is 3.22. The normalized spacial score (nSPS) is 21.8. The van der Waals surface area contributed by atoms with E-state index in [1.807, 2.05) is 30.3 Å². The van der Waals surface area contributed by atoms with Gasteiger partial charge in [-0.3, -0.25) is 5.10 Å². The van der Waals surface area contributed by atoms with Crippen LogP contribution in [0.5, 0.6) is 0 Å². The van der Waals surface area contributed by atoms with E-state index in [2.05, 4.69) is 38.7 Å². The van der Waals surface area contributed by atoms with E-state index in [0.29, 0.717) is 6.04 Å².